The molecular formula is C12H31NO7P2. The fraction of sp³-hybridized carbons (Fsp3) is 1.00. The molecule has 0 fully saturated rings. The van der Waals surface area contributed by atoms with Gasteiger partial charge in [-0.15, -0.1) is 0 Å². The number of hydrogen-bond donors (Lipinski definition) is 5. The van der Waals surface area contributed by atoms with Gasteiger partial charge >= 0.3 is 15.6 Å². The Labute approximate surface area is 133 Å². The van der Waals surface area contributed by atoms with Gasteiger partial charge in [0.2, 0.25) is 0 Å². The van der Waals surface area contributed by atoms with Crippen LogP contribution in [0.15, 0.2) is 0 Å². The Morgan fingerprint density at radius 1 is 0.727 bits per heavy atom. The van der Waals surface area contributed by atoms with Gasteiger partial charge in [-0.05, 0) is 25.9 Å². The number of nitrogens with one attached hydrogen (secondary N) is 1. The molecule has 136 valence electrons. The molecule has 10 heteroatoms. The van der Waals surface area contributed by atoms with Crippen molar-refractivity contribution in [3.63, 3.8) is 0 Å². The van der Waals surface area contributed by atoms with Gasteiger partial charge in [0.25, 0.3) is 0 Å². The zero-order valence-electron chi connectivity index (χ0n) is 13.5. The second-order valence-corrected chi connectivity index (χ2v) is 7.55. The fourth-order valence-corrected chi connectivity index (χ4v) is 2.73. The van der Waals surface area contributed by atoms with Crippen molar-refractivity contribution < 1.29 is 33.0 Å². The highest BCUT2D eigenvalue weighted by Crippen LogP contribution is 2.53. The normalized spacial score (nSPS) is 11.9. The van der Waals surface area contributed by atoms with E-state index in [1.54, 1.807) is 0 Å². The predicted molar refractivity (Wildman–Crippen MR) is 86.3 cm³/mol. The highest BCUT2D eigenvalue weighted by atomic mass is 31.3. The maximum absolute atomic E-state index is 9.63. The number of unbranched alkanes of at least 4 members (excludes halogenated alkanes) is 6. The van der Waals surface area contributed by atoms with Crippen molar-refractivity contribution >= 4 is 15.6 Å². The molecule has 0 aromatic heterocycles. The van der Waals surface area contributed by atoms with E-state index in [1.165, 1.54) is 64.5 Å². The van der Waals surface area contributed by atoms with Crippen molar-refractivity contribution in [1.82, 2.24) is 5.32 Å². The van der Waals surface area contributed by atoms with Gasteiger partial charge in [-0.3, -0.25) is 0 Å². The molecule has 0 saturated heterocycles. The van der Waals surface area contributed by atoms with E-state index in [4.69, 9.17) is 19.6 Å². The summed E-state index contributed by atoms with van der Waals surface area (Å²) in [6, 6.07) is 0. The Morgan fingerprint density at radius 3 is 1.32 bits per heavy atom. The molecule has 0 aromatic rings. The summed E-state index contributed by atoms with van der Waals surface area (Å²) in [4.78, 5) is 31.0. The smallest absolute Gasteiger partial charge is 0.317 e. The zero-order valence-corrected chi connectivity index (χ0v) is 15.3. The second kappa shape index (κ2) is 14.8. The average molecular weight is 363 g/mol. The maximum Gasteiger partial charge on any atom is 0.478 e. The van der Waals surface area contributed by atoms with Crippen LogP contribution in [0.2, 0.25) is 0 Å². The molecule has 5 N–H and O–H groups in total. The van der Waals surface area contributed by atoms with Gasteiger partial charge in [0.15, 0.2) is 0 Å². The molecule has 0 saturated carbocycles. The third-order valence-corrected chi connectivity index (χ3v) is 4.33. The van der Waals surface area contributed by atoms with E-state index in [0.29, 0.717) is 0 Å². The lowest BCUT2D eigenvalue weighted by Gasteiger charge is -2.03. The lowest BCUT2D eigenvalue weighted by atomic mass is 10.2. The Hall–Kier alpha value is 0.220. The summed E-state index contributed by atoms with van der Waals surface area (Å²) in [6.45, 7) is 6.98. The first-order valence-electron chi connectivity index (χ1n) is 7.65. The molecule has 0 unspecified atom stereocenters. The van der Waals surface area contributed by atoms with Crippen LogP contribution in [0.4, 0.5) is 0 Å². The van der Waals surface area contributed by atoms with E-state index in [1.807, 2.05) is 0 Å². The van der Waals surface area contributed by atoms with Gasteiger partial charge in [-0.25, -0.2) is 9.13 Å². The Morgan fingerprint density at radius 2 is 1.09 bits per heavy atom. The van der Waals surface area contributed by atoms with E-state index in [0.717, 1.165) is 0 Å². The van der Waals surface area contributed by atoms with Gasteiger partial charge in [0, 0.05) is 0 Å². The highest BCUT2D eigenvalue weighted by Gasteiger charge is 2.27. The largest absolute Gasteiger partial charge is 0.478 e. The van der Waals surface area contributed by atoms with Gasteiger partial charge in [0.1, 0.15) is 0 Å². The molecule has 8 nitrogen and oxygen atoms in total. The predicted octanol–water partition coefficient (Wildman–Crippen LogP) is 2.93. The van der Waals surface area contributed by atoms with Crippen LogP contribution in [0.3, 0.4) is 0 Å². The van der Waals surface area contributed by atoms with Crippen LogP contribution in [0, 0.1) is 0 Å². The standard InChI is InChI=1S/C12H27N.H4O7P2/c1-3-5-7-9-11-13-12-10-8-6-4-2;1-8(2,3)7-9(4,5)6/h13H,3-12H2,1-2H3;(H2,1,2,3)(H2,4,5,6). The van der Waals surface area contributed by atoms with Crippen molar-refractivity contribution in [2.24, 2.45) is 0 Å². The molecule has 0 aliphatic rings. The second-order valence-electron chi connectivity index (χ2n) is 4.93. The van der Waals surface area contributed by atoms with Gasteiger partial charge in [-0.1, -0.05) is 52.4 Å². The molecule has 0 heterocycles. The number of hydrogen-bond acceptors (Lipinski definition) is 4. The Kier molecular flexibility index (Phi) is 16.5. The molecule has 0 bridgehead atoms. The number of phosphoric acid groups is 2. The van der Waals surface area contributed by atoms with Crippen LogP contribution in [0.25, 0.3) is 0 Å². The SMILES string of the molecule is CCCCCCNCCCCCC.O=P(O)(O)OP(=O)(O)O. The summed E-state index contributed by atoms with van der Waals surface area (Å²) < 4.78 is 22.2. The topological polar surface area (TPSA) is 136 Å². The van der Waals surface area contributed by atoms with Crippen LogP contribution in [-0.2, 0) is 13.4 Å². The third-order valence-electron chi connectivity index (χ3n) is 2.63. The molecule has 0 aliphatic heterocycles. The summed E-state index contributed by atoms with van der Waals surface area (Å²) in [5.41, 5.74) is 0. The first-order chi connectivity index (χ1) is 10.1. The summed E-state index contributed by atoms with van der Waals surface area (Å²) >= 11 is 0. The van der Waals surface area contributed by atoms with Crippen molar-refractivity contribution in [2.45, 2.75) is 65.2 Å². The molecule has 0 rings (SSSR count). The Bertz CT molecular complexity index is 299. The third kappa shape index (κ3) is 28.4. The molecule has 22 heavy (non-hydrogen) atoms. The molecule has 0 aliphatic carbocycles. The van der Waals surface area contributed by atoms with Crippen molar-refractivity contribution in [2.75, 3.05) is 13.1 Å². The van der Waals surface area contributed by atoms with Crippen LogP contribution >= 0.6 is 15.6 Å². The van der Waals surface area contributed by atoms with E-state index in [9.17, 15) is 9.13 Å². The zero-order chi connectivity index (χ0) is 17.5. The lowest BCUT2D eigenvalue weighted by Crippen LogP contribution is -2.16. The average Bonchev–Trinajstić information content (AvgIpc) is 2.33. The van der Waals surface area contributed by atoms with Gasteiger partial charge < -0.3 is 24.9 Å². The van der Waals surface area contributed by atoms with Crippen molar-refractivity contribution in [3.05, 3.63) is 0 Å². The first-order valence-corrected chi connectivity index (χ1v) is 10.7. The van der Waals surface area contributed by atoms with Crippen LogP contribution in [0.1, 0.15) is 65.2 Å². The summed E-state index contributed by atoms with van der Waals surface area (Å²) in [5, 5.41) is 3.50. The van der Waals surface area contributed by atoms with E-state index in [-0.39, 0.29) is 0 Å². The van der Waals surface area contributed by atoms with E-state index in [2.05, 4.69) is 23.5 Å². The lowest BCUT2D eigenvalue weighted by molar-refractivity contribution is 0.225. The molecule has 0 aromatic carbocycles. The first kappa shape index (κ1) is 24.5. The molecule has 0 amide bonds. The summed E-state index contributed by atoms with van der Waals surface area (Å²) in [7, 11) is -10.1. The molecule has 0 radical (unpaired) electrons. The van der Waals surface area contributed by atoms with Crippen LogP contribution in [0.5, 0.6) is 0 Å². The van der Waals surface area contributed by atoms with Crippen molar-refractivity contribution in [3.8, 4) is 0 Å². The van der Waals surface area contributed by atoms with E-state index >= 15 is 0 Å². The Balaban J connectivity index is 0. The molecule has 0 atom stereocenters. The molecular weight excluding hydrogens is 332 g/mol. The monoisotopic (exact) mass is 363 g/mol. The van der Waals surface area contributed by atoms with Gasteiger partial charge in [0.05, 0.1) is 0 Å². The van der Waals surface area contributed by atoms with Crippen LogP contribution < -0.4 is 5.32 Å². The van der Waals surface area contributed by atoms with Crippen molar-refractivity contribution in [1.29, 1.82) is 0 Å². The highest BCUT2D eigenvalue weighted by molar-refractivity contribution is 7.60. The van der Waals surface area contributed by atoms with E-state index < -0.39 is 15.6 Å². The minimum atomic E-state index is -5.05. The summed E-state index contributed by atoms with van der Waals surface area (Å²) in [6.07, 6.45) is 11.0. The molecule has 0 spiro atoms. The minimum absolute atomic E-state index is 1.23. The maximum atomic E-state index is 9.63. The minimum Gasteiger partial charge on any atom is -0.317 e. The summed E-state index contributed by atoms with van der Waals surface area (Å²) in [5.74, 6) is 0. The number of rotatable bonds is 12. The quantitative estimate of drug-likeness (QED) is 0.264. The van der Waals surface area contributed by atoms with Gasteiger partial charge in [-0.2, -0.15) is 4.31 Å². The van der Waals surface area contributed by atoms with Crippen LogP contribution in [-0.4, -0.2) is 32.7 Å². The fourth-order valence-electron chi connectivity index (χ4n) is 1.62.